The third-order valence-electron chi connectivity index (χ3n) is 8.47. The number of likely N-dealkylation sites (N-methyl/N-ethyl adjacent to an activating group) is 1. The zero-order chi connectivity index (χ0) is 30.4. The van der Waals surface area contributed by atoms with Crippen LogP contribution in [0.5, 0.6) is 5.75 Å². The standard InChI is InChI=1S/C30H33FN4O7S/c1-16-24-28(38)35(21-10-12-33(2)27(21)37)30(39)34(29(24)43-25(16)26-32-11-13-41-26)15-23(42-19-7-5-18(36)6-8-19)20-14-17(31)4-9-22(20)40-3/h4,9,11,13-14,18-19,21,23,36H,5-8,10,12,15H2,1-3H3. The Morgan fingerprint density at radius 1 is 1.19 bits per heavy atom. The molecule has 1 amide bonds. The SMILES string of the molecule is COc1ccc(F)cc1C(Cn1c(=O)n(C2CCN(C)C2=O)c(=O)c2c(C)c(-c3ncco3)sc21)OC1CCC(O)CC1. The number of amides is 1. The Kier molecular flexibility index (Phi) is 7.96. The molecule has 4 aromatic rings. The van der Waals surface area contributed by atoms with Crippen LogP contribution in [0.15, 0.2) is 44.7 Å². The number of methoxy groups -OCH3 is 1. The van der Waals surface area contributed by atoms with Gasteiger partial charge in [0.25, 0.3) is 5.56 Å². The number of aliphatic hydroxyl groups is 1. The maximum atomic E-state index is 14.6. The van der Waals surface area contributed by atoms with Crippen molar-refractivity contribution < 1.29 is 28.2 Å². The molecule has 0 radical (unpaired) electrons. The van der Waals surface area contributed by atoms with Crippen molar-refractivity contribution in [2.45, 2.75) is 69.9 Å². The molecule has 3 aromatic heterocycles. The minimum Gasteiger partial charge on any atom is -0.496 e. The van der Waals surface area contributed by atoms with E-state index in [9.17, 15) is 23.9 Å². The van der Waals surface area contributed by atoms with Gasteiger partial charge >= 0.3 is 5.69 Å². The summed E-state index contributed by atoms with van der Waals surface area (Å²) < 4.78 is 34.8. The second-order valence-electron chi connectivity index (χ2n) is 11.1. The van der Waals surface area contributed by atoms with E-state index in [-0.39, 0.29) is 23.9 Å². The normalized spacial score (nSPS) is 21.6. The third-order valence-corrected chi connectivity index (χ3v) is 9.77. The summed E-state index contributed by atoms with van der Waals surface area (Å²) in [5, 5.41) is 10.3. The Bertz CT molecular complexity index is 1770. The Hall–Kier alpha value is -3.81. The molecule has 43 heavy (non-hydrogen) atoms. The van der Waals surface area contributed by atoms with E-state index in [1.165, 1.54) is 58.6 Å². The van der Waals surface area contributed by atoms with E-state index in [1.54, 1.807) is 14.0 Å². The molecule has 0 spiro atoms. The summed E-state index contributed by atoms with van der Waals surface area (Å²) in [4.78, 5) is 48.1. The molecule has 2 atom stereocenters. The van der Waals surface area contributed by atoms with Gasteiger partial charge in [0.15, 0.2) is 0 Å². The van der Waals surface area contributed by atoms with Crippen molar-refractivity contribution in [3.05, 3.63) is 68.4 Å². The molecule has 13 heteroatoms. The molecular formula is C30H33FN4O7S. The number of nitrogens with zero attached hydrogens (tertiary/aromatic N) is 4. The molecule has 1 aromatic carbocycles. The first-order valence-electron chi connectivity index (χ1n) is 14.3. The van der Waals surface area contributed by atoms with Gasteiger partial charge in [-0.25, -0.2) is 18.7 Å². The van der Waals surface area contributed by atoms with Crippen LogP contribution in [-0.4, -0.2) is 62.9 Å². The second kappa shape index (κ2) is 11.7. The first-order valence-corrected chi connectivity index (χ1v) is 15.1. The van der Waals surface area contributed by atoms with E-state index in [2.05, 4.69) is 4.98 Å². The lowest BCUT2D eigenvalue weighted by Gasteiger charge is -2.31. The molecule has 2 unspecified atom stereocenters. The minimum absolute atomic E-state index is 0.0871. The highest BCUT2D eigenvalue weighted by molar-refractivity contribution is 7.22. The van der Waals surface area contributed by atoms with Crippen LogP contribution < -0.4 is 16.0 Å². The van der Waals surface area contributed by atoms with Crippen LogP contribution in [0.2, 0.25) is 0 Å². The number of likely N-dealkylation sites (tertiary alicyclic amines) is 1. The van der Waals surface area contributed by atoms with Crippen molar-refractivity contribution in [3.8, 4) is 16.5 Å². The quantitative estimate of drug-likeness (QED) is 0.318. The Morgan fingerprint density at radius 3 is 2.60 bits per heavy atom. The number of ether oxygens (including phenoxy) is 2. The molecule has 1 saturated carbocycles. The van der Waals surface area contributed by atoms with Gasteiger partial charge in [0, 0.05) is 19.2 Å². The summed E-state index contributed by atoms with van der Waals surface area (Å²) in [6, 6.07) is 3.17. The van der Waals surface area contributed by atoms with Crippen molar-refractivity contribution in [1.82, 2.24) is 19.0 Å². The highest BCUT2D eigenvalue weighted by atomic mass is 32.1. The number of fused-ring (bicyclic) bond motifs is 1. The maximum Gasteiger partial charge on any atom is 0.332 e. The summed E-state index contributed by atoms with van der Waals surface area (Å²) >= 11 is 1.19. The van der Waals surface area contributed by atoms with E-state index in [0.717, 1.165) is 4.57 Å². The van der Waals surface area contributed by atoms with Crippen LogP contribution in [0.25, 0.3) is 21.0 Å². The zero-order valence-electron chi connectivity index (χ0n) is 24.1. The highest BCUT2D eigenvalue weighted by Crippen LogP contribution is 2.38. The van der Waals surface area contributed by atoms with Crippen LogP contribution in [0.4, 0.5) is 4.39 Å². The minimum atomic E-state index is -0.951. The molecule has 0 bridgehead atoms. The predicted molar refractivity (Wildman–Crippen MR) is 157 cm³/mol. The molecule has 1 N–H and O–H groups in total. The lowest BCUT2D eigenvalue weighted by Crippen LogP contribution is -2.45. The zero-order valence-corrected chi connectivity index (χ0v) is 24.9. The highest BCUT2D eigenvalue weighted by Gasteiger charge is 2.36. The Balaban J connectivity index is 1.55. The van der Waals surface area contributed by atoms with Crippen LogP contribution in [0, 0.1) is 12.7 Å². The average Bonchev–Trinajstić information content (AvgIpc) is 3.72. The number of thiophene rings is 1. The number of aliphatic hydroxyl groups excluding tert-OH is 1. The number of benzene rings is 1. The van der Waals surface area contributed by atoms with E-state index in [1.807, 2.05) is 0 Å². The van der Waals surface area contributed by atoms with Crippen LogP contribution in [0.1, 0.15) is 55.4 Å². The largest absolute Gasteiger partial charge is 0.496 e. The Labute approximate surface area is 250 Å². The summed E-state index contributed by atoms with van der Waals surface area (Å²) in [6.07, 6.45) is 4.04. The van der Waals surface area contributed by atoms with E-state index in [0.29, 0.717) is 71.1 Å². The first kappa shape index (κ1) is 29.3. The van der Waals surface area contributed by atoms with Crippen LogP contribution in [0.3, 0.4) is 0 Å². The van der Waals surface area contributed by atoms with Gasteiger partial charge in [-0.3, -0.25) is 14.2 Å². The molecule has 1 aliphatic carbocycles. The first-order chi connectivity index (χ1) is 20.7. The number of hydrogen-bond acceptors (Lipinski definition) is 9. The number of halogens is 1. The topological polar surface area (TPSA) is 129 Å². The summed E-state index contributed by atoms with van der Waals surface area (Å²) in [5.41, 5.74) is -0.229. The number of carbonyl (C=O) groups excluding carboxylic acids is 1. The van der Waals surface area contributed by atoms with Gasteiger partial charge in [-0.1, -0.05) is 0 Å². The smallest absolute Gasteiger partial charge is 0.332 e. The van der Waals surface area contributed by atoms with Crippen molar-refractivity contribution in [2.75, 3.05) is 20.7 Å². The number of oxazole rings is 1. The van der Waals surface area contributed by atoms with Crippen molar-refractivity contribution in [3.63, 3.8) is 0 Å². The Morgan fingerprint density at radius 2 is 1.95 bits per heavy atom. The number of hydrogen-bond donors (Lipinski definition) is 1. The molecule has 2 fully saturated rings. The van der Waals surface area contributed by atoms with Gasteiger partial charge < -0.3 is 23.9 Å². The molecular weight excluding hydrogens is 579 g/mol. The van der Waals surface area contributed by atoms with Gasteiger partial charge in [-0.2, -0.15) is 0 Å². The van der Waals surface area contributed by atoms with E-state index < -0.39 is 35.3 Å². The fourth-order valence-corrected chi connectivity index (χ4v) is 7.38. The van der Waals surface area contributed by atoms with Gasteiger partial charge in [0.1, 0.15) is 34.8 Å². The molecule has 1 saturated heterocycles. The molecule has 4 heterocycles. The third kappa shape index (κ3) is 5.30. The van der Waals surface area contributed by atoms with Gasteiger partial charge in [0.05, 0.1) is 42.3 Å². The summed E-state index contributed by atoms with van der Waals surface area (Å²) in [7, 11) is 3.12. The summed E-state index contributed by atoms with van der Waals surface area (Å²) in [6.45, 7) is 2.09. The number of aromatic nitrogens is 3. The maximum absolute atomic E-state index is 14.6. The predicted octanol–water partition coefficient (Wildman–Crippen LogP) is 3.80. The van der Waals surface area contributed by atoms with Gasteiger partial charge in [0.2, 0.25) is 11.8 Å². The molecule has 2 aliphatic rings. The average molecular weight is 613 g/mol. The molecule has 6 rings (SSSR count). The second-order valence-corrected chi connectivity index (χ2v) is 12.1. The van der Waals surface area contributed by atoms with Crippen molar-refractivity contribution >= 4 is 27.5 Å². The van der Waals surface area contributed by atoms with Crippen molar-refractivity contribution in [1.29, 1.82) is 0 Å². The molecule has 1 aliphatic heterocycles. The van der Waals surface area contributed by atoms with Crippen LogP contribution in [-0.2, 0) is 16.1 Å². The monoisotopic (exact) mass is 612 g/mol. The van der Waals surface area contributed by atoms with Gasteiger partial charge in [-0.05, 0) is 62.8 Å². The lowest BCUT2D eigenvalue weighted by atomic mass is 9.94. The number of aryl methyl sites for hydroxylation is 1. The number of rotatable bonds is 8. The lowest BCUT2D eigenvalue weighted by molar-refractivity contribution is -0.129. The van der Waals surface area contributed by atoms with E-state index >= 15 is 0 Å². The summed E-state index contributed by atoms with van der Waals surface area (Å²) in [5.74, 6) is -0.120. The molecule has 228 valence electrons. The number of carbonyl (C=O) groups is 1. The molecule has 11 nitrogen and oxygen atoms in total. The van der Waals surface area contributed by atoms with Gasteiger partial charge in [-0.15, -0.1) is 11.3 Å². The fourth-order valence-electron chi connectivity index (χ4n) is 6.13. The van der Waals surface area contributed by atoms with E-state index in [4.69, 9.17) is 13.9 Å². The van der Waals surface area contributed by atoms with Crippen LogP contribution >= 0.6 is 11.3 Å². The van der Waals surface area contributed by atoms with Crippen molar-refractivity contribution in [2.24, 2.45) is 0 Å². The fraction of sp³-hybridized carbons (Fsp3) is 0.467.